The number of rotatable bonds is 3. The zero-order valence-corrected chi connectivity index (χ0v) is 12.3. The molecule has 0 aliphatic heterocycles. The zero-order chi connectivity index (χ0) is 14.7. The normalized spacial score (nSPS) is 11.8. The lowest BCUT2D eigenvalue weighted by Crippen LogP contribution is -2.19. The van der Waals surface area contributed by atoms with Gasteiger partial charge in [0, 0.05) is 12.1 Å². The lowest BCUT2D eigenvalue weighted by atomic mass is 10.2. The Morgan fingerprint density at radius 2 is 1.71 bits per heavy atom. The summed E-state index contributed by atoms with van der Waals surface area (Å²) in [5, 5.41) is 1.23. The number of hydrogen-bond donors (Lipinski definition) is 0. The Balaban J connectivity index is 2.16. The third-order valence-electron chi connectivity index (χ3n) is 3.55. The number of fused-ring (bicyclic) bond motifs is 1. The van der Waals surface area contributed by atoms with Gasteiger partial charge < -0.3 is 9.30 Å². The van der Waals surface area contributed by atoms with Crippen LogP contribution in [-0.2, 0) is 6.54 Å². The molecule has 3 nitrogen and oxygen atoms in total. The van der Waals surface area contributed by atoms with Crippen LogP contribution in [0.4, 0.5) is 5.69 Å². The van der Waals surface area contributed by atoms with Gasteiger partial charge in [-0.3, -0.25) is 0 Å². The highest BCUT2D eigenvalue weighted by Crippen LogP contribution is 2.17. The van der Waals surface area contributed by atoms with Gasteiger partial charge in [-0.15, -0.1) is 0 Å². The second-order valence-electron chi connectivity index (χ2n) is 4.80. The minimum Gasteiger partial charge on any atom is -0.497 e. The Hall–Kier alpha value is -2.55. The highest BCUT2D eigenvalue weighted by molar-refractivity contribution is 5.78. The summed E-state index contributed by atoms with van der Waals surface area (Å²) >= 11 is 0. The highest BCUT2D eigenvalue weighted by atomic mass is 16.5. The molecule has 0 spiro atoms. The van der Waals surface area contributed by atoms with Crippen molar-refractivity contribution >= 4 is 16.6 Å². The molecule has 0 amide bonds. The van der Waals surface area contributed by atoms with Crippen LogP contribution in [0.15, 0.2) is 65.7 Å². The molecule has 0 aliphatic carbocycles. The van der Waals surface area contributed by atoms with Crippen molar-refractivity contribution in [3.05, 3.63) is 66.2 Å². The van der Waals surface area contributed by atoms with Crippen LogP contribution in [0.5, 0.6) is 5.75 Å². The molecule has 3 rings (SSSR count). The summed E-state index contributed by atoms with van der Waals surface area (Å²) in [6, 6.07) is 20.3. The molecule has 0 bridgehead atoms. The highest BCUT2D eigenvalue weighted by Gasteiger charge is 1.99. The van der Waals surface area contributed by atoms with Gasteiger partial charge in [0.05, 0.1) is 12.8 Å². The average molecular weight is 278 g/mol. The fourth-order valence-electron chi connectivity index (χ4n) is 2.47. The molecule has 0 fully saturated rings. The second kappa shape index (κ2) is 5.83. The molecule has 0 aliphatic rings. The van der Waals surface area contributed by atoms with Crippen LogP contribution in [0, 0.1) is 0 Å². The van der Waals surface area contributed by atoms with Crippen molar-refractivity contribution in [2.75, 3.05) is 7.11 Å². The van der Waals surface area contributed by atoms with Gasteiger partial charge in [-0.2, -0.15) is 0 Å². The van der Waals surface area contributed by atoms with Crippen molar-refractivity contribution in [2.24, 2.45) is 4.99 Å². The van der Waals surface area contributed by atoms with Gasteiger partial charge in [0.1, 0.15) is 11.2 Å². The molecule has 0 saturated carbocycles. The molecule has 1 heterocycles. The van der Waals surface area contributed by atoms with E-state index in [1.807, 2.05) is 24.3 Å². The maximum atomic E-state index is 5.18. The van der Waals surface area contributed by atoms with Crippen molar-refractivity contribution in [3.63, 3.8) is 0 Å². The van der Waals surface area contributed by atoms with E-state index in [1.165, 1.54) is 10.9 Å². The molecule has 106 valence electrons. The molecule has 0 N–H and O–H groups in total. The zero-order valence-electron chi connectivity index (χ0n) is 12.3. The van der Waals surface area contributed by atoms with Crippen molar-refractivity contribution < 1.29 is 4.74 Å². The van der Waals surface area contributed by atoms with Crippen LogP contribution in [0.1, 0.15) is 6.92 Å². The topological polar surface area (TPSA) is 26.5 Å². The Morgan fingerprint density at radius 1 is 0.952 bits per heavy atom. The molecule has 3 aromatic rings. The number of para-hydroxylation sites is 1. The van der Waals surface area contributed by atoms with Crippen LogP contribution >= 0.6 is 0 Å². The van der Waals surface area contributed by atoms with E-state index in [-0.39, 0.29) is 0 Å². The van der Waals surface area contributed by atoms with E-state index in [0.717, 1.165) is 23.5 Å². The predicted molar refractivity (Wildman–Crippen MR) is 85.8 cm³/mol. The number of ether oxygens (including phenoxy) is 1. The lowest BCUT2D eigenvalue weighted by molar-refractivity contribution is 0.415. The standard InChI is InChI=1S/C18H18N2O/c1-3-20-17-7-5-4-6-14(17)8-13-18(20)19-15-9-11-16(21-2)12-10-15/h4-13H,3H2,1-2H3. The fourth-order valence-corrected chi connectivity index (χ4v) is 2.47. The number of aromatic nitrogens is 1. The minimum atomic E-state index is 0.843. The van der Waals surface area contributed by atoms with E-state index in [0.29, 0.717) is 0 Å². The maximum absolute atomic E-state index is 5.18. The van der Waals surface area contributed by atoms with E-state index in [2.05, 4.69) is 47.9 Å². The number of methoxy groups -OCH3 is 1. The van der Waals surface area contributed by atoms with E-state index in [1.54, 1.807) is 7.11 Å². The summed E-state index contributed by atoms with van der Waals surface area (Å²) in [6.45, 7) is 3.02. The second-order valence-corrected chi connectivity index (χ2v) is 4.80. The van der Waals surface area contributed by atoms with E-state index in [9.17, 15) is 0 Å². The summed E-state index contributed by atoms with van der Waals surface area (Å²) in [6.07, 6.45) is 0. The SMILES string of the molecule is CCn1c(=Nc2ccc(OC)cc2)ccc2ccccc21. The molecular formula is C18H18N2O. The third kappa shape index (κ3) is 2.68. The monoisotopic (exact) mass is 278 g/mol. The Bertz CT molecular complexity index is 816. The first-order chi connectivity index (χ1) is 10.3. The minimum absolute atomic E-state index is 0.843. The molecular weight excluding hydrogens is 260 g/mol. The molecule has 0 unspecified atom stereocenters. The fraction of sp³-hybridized carbons (Fsp3) is 0.167. The Labute approximate surface area is 124 Å². The first-order valence-corrected chi connectivity index (χ1v) is 7.09. The van der Waals surface area contributed by atoms with E-state index < -0.39 is 0 Å². The van der Waals surface area contributed by atoms with Crippen molar-refractivity contribution in [1.29, 1.82) is 0 Å². The summed E-state index contributed by atoms with van der Waals surface area (Å²) < 4.78 is 7.40. The lowest BCUT2D eigenvalue weighted by Gasteiger charge is -2.09. The predicted octanol–water partition coefficient (Wildman–Crippen LogP) is 3.90. The van der Waals surface area contributed by atoms with Gasteiger partial charge in [-0.1, -0.05) is 18.2 Å². The summed E-state index contributed by atoms with van der Waals surface area (Å²) in [7, 11) is 1.67. The number of hydrogen-bond acceptors (Lipinski definition) is 2. The maximum Gasteiger partial charge on any atom is 0.133 e. The van der Waals surface area contributed by atoms with E-state index in [4.69, 9.17) is 9.73 Å². The molecule has 0 atom stereocenters. The number of benzene rings is 2. The Morgan fingerprint density at radius 3 is 2.43 bits per heavy atom. The average Bonchev–Trinajstić information content (AvgIpc) is 2.55. The van der Waals surface area contributed by atoms with Crippen molar-refractivity contribution in [1.82, 2.24) is 4.57 Å². The Kier molecular flexibility index (Phi) is 3.73. The molecule has 0 radical (unpaired) electrons. The van der Waals surface area contributed by atoms with Crippen LogP contribution < -0.4 is 10.2 Å². The third-order valence-corrected chi connectivity index (χ3v) is 3.55. The summed E-state index contributed by atoms with van der Waals surface area (Å²) in [5.41, 5.74) is 3.09. The van der Waals surface area contributed by atoms with Gasteiger partial charge in [-0.25, -0.2) is 4.99 Å². The van der Waals surface area contributed by atoms with E-state index >= 15 is 0 Å². The molecule has 1 aromatic heterocycles. The van der Waals surface area contributed by atoms with Crippen LogP contribution in [0.3, 0.4) is 0 Å². The number of pyridine rings is 1. The molecule has 3 heteroatoms. The van der Waals surface area contributed by atoms with Crippen LogP contribution in [0.2, 0.25) is 0 Å². The van der Waals surface area contributed by atoms with Gasteiger partial charge in [0.2, 0.25) is 0 Å². The van der Waals surface area contributed by atoms with Gasteiger partial charge in [-0.05, 0) is 54.8 Å². The largest absolute Gasteiger partial charge is 0.497 e. The van der Waals surface area contributed by atoms with Gasteiger partial charge in [0.15, 0.2) is 0 Å². The quantitative estimate of drug-likeness (QED) is 0.713. The van der Waals surface area contributed by atoms with Crippen molar-refractivity contribution in [3.8, 4) is 5.75 Å². The first-order valence-electron chi connectivity index (χ1n) is 7.09. The number of aryl methyl sites for hydroxylation is 1. The van der Waals surface area contributed by atoms with Gasteiger partial charge in [0.25, 0.3) is 0 Å². The molecule has 0 saturated heterocycles. The molecule has 2 aromatic carbocycles. The van der Waals surface area contributed by atoms with Crippen LogP contribution in [-0.4, -0.2) is 11.7 Å². The first kappa shape index (κ1) is 13.4. The van der Waals surface area contributed by atoms with Gasteiger partial charge >= 0.3 is 0 Å². The summed E-state index contributed by atoms with van der Waals surface area (Å²) in [5.74, 6) is 0.843. The summed E-state index contributed by atoms with van der Waals surface area (Å²) in [4.78, 5) is 4.74. The van der Waals surface area contributed by atoms with Crippen molar-refractivity contribution in [2.45, 2.75) is 13.5 Å². The number of nitrogens with zero attached hydrogens (tertiary/aromatic N) is 2. The van der Waals surface area contributed by atoms with Crippen LogP contribution in [0.25, 0.3) is 10.9 Å². The molecule has 21 heavy (non-hydrogen) atoms. The smallest absolute Gasteiger partial charge is 0.133 e.